The maximum Gasteiger partial charge on any atom is 0.472 e. The topological polar surface area (TPSA) is 303 Å². The van der Waals surface area contributed by atoms with E-state index in [9.17, 15) is 63.1 Å². The SMILES string of the molecule is CCCCC/C=C\C/C=C\C/C=C\C/C=C\CCCC(=O)OC[C@H](COP(=O)(O)O[C@H]1C(O)C(O)C(OP(=O)(O)O)[C@@H](OP(=O)(O)O)C1O)OC(=O)CCCCCCC/C=C\CCCCCCCC. The second-order valence-corrected chi connectivity index (χ2v) is 20.8. The average Bonchev–Trinajstić information content (AvgIpc) is 3.28. The molecule has 69 heavy (non-hydrogen) atoms. The molecule has 1 aliphatic carbocycles. The number of carbonyl (C=O) groups is 2. The molecule has 1 saturated carbocycles. The standard InChI is InChI=1S/C47H83O19P3/c1-3-5-7-9-11-13-15-17-19-20-22-23-25-27-29-31-33-35-40(48)61-37-39(63-41(49)36-34-32-30-28-26-24-21-18-16-14-12-10-8-6-4-2)38-62-69(59,60)66-45-42(50)43(51)46(64-67(53,54)55)47(44(45)52)65-68(56,57)58/h11,13,17-19,21-23,27,29,39,42-47,50-52H,3-10,12,14-16,20,24-26,28,30-38H2,1-2H3,(H,59,60)(H2,53,54,55)(H2,56,57,58)/b13-11-,19-17-,21-18-,23-22-,29-27-/t39-,42?,43?,44?,45+,46?,47+/m1/s1. The molecule has 5 unspecified atom stereocenters. The third kappa shape index (κ3) is 34.8. The molecule has 0 aromatic carbocycles. The van der Waals surface area contributed by atoms with Gasteiger partial charge in [-0.25, -0.2) is 13.7 Å². The lowest BCUT2D eigenvalue weighted by atomic mass is 9.85. The number of aliphatic hydroxyl groups is 3. The quantitative estimate of drug-likeness (QED) is 0.0122. The van der Waals surface area contributed by atoms with Crippen LogP contribution in [0.3, 0.4) is 0 Å². The van der Waals surface area contributed by atoms with Crippen molar-refractivity contribution in [2.75, 3.05) is 13.2 Å². The monoisotopic (exact) mass is 1040 g/mol. The molecule has 0 aliphatic heterocycles. The predicted octanol–water partition coefficient (Wildman–Crippen LogP) is 9.18. The Bertz CT molecular complexity index is 1670. The van der Waals surface area contributed by atoms with Crippen LogP contribution >= 0.6 is 23.5 Å². The van der Waals surface area contributed by atoms with Gasteiger partial charge in [0.1, 0.15) is 43.2 Å². The first-order valence-corrected chi connectivity index (χ1v) is 29.1. The fourth-order valence-electron chi connectivity index (χ4n) is 7.10. The molecule has 1 aliphatic rings. The summed E-state index contributed by atoms with van der Waals surface area (Å²) in [5, 5.41) is 31.9. The highest BCUT2D eigenvalue weighted by Crippen LogP contribution is 2.51. The van der Waals surface area contributed by atoms with Crippen molar-refractivity contribution < 1.29 is 90.6 Å². The molecule has 19 nitrogen and oxygen atoms in total. The molecule has 0 saturated heterocycles. The van der Waals surface area contributed by atoms with Gasteiger partial charge in [-0.15, -0.1) is 0 Å². The van der Waals surface area contributed by atoms with Gasteiger partial charge in [0, 0.05) is 12.8 Å². The van der Waals surface area contributed by atoms with E-state index in [1.165, 1.54) is 57.8 Å². The normalized spacial score (nSPS) is 21.8. The van der Waals surface area contributed by atoms with Crippen LogP contribution in [-0.4, -0.2) is 108 Å². The maximum atomic E-state index is 13.1. The van der Waals surface area contributed by atoms with E-state index >= 15 is 0 Å². The maximum absolute atomic E-state index is 13.1. The molecule has 0 radical (unpaired) electrons. The summed E-state index contributed by atoms with van der Waals surface area (Å²) in [7, 11) is -16.6. The van der Waals surface area contributed by atoms with Crippen LogP contribution < -0.4 is 0 Å². The van der Waals surface area contributed by atoms with E-state index in [1.54, 1.807) is 0 Å². The molecular weight excluding hydrogens is 961 g/mol. The second kappa shape index (κ2) is 38.5. The fraction of sp³-hybridized carbons (Fsp3) is 0.745. The fourth-order valence-corrected chi connectivity index (χ4v) is 9.19. The number of rotatable bonds is 41. The molecule has 0 aromatic rings. The number of hydrogen-bond acceptors (Lipinski definition) is 14. The molecule has 0 amide bonds. The highest BCUT2D eigenvalue weighted by Gasteiger charge is 2.56. The van der Waals surface area contributed by atoms with Crippen molar-refractivity contribution >= 4 is 35.4 Å². The summed E-state index contributed by atoms with van der Waals surface area (Å²) in [4.78, 5) is 73.2. The smallest absolute Gasteiger partial charge is 0.462 e. The number of aliphatic hydroxyl groups excluding tert-OH is 3. The van der Waals surface area contributed by atoms with Gasteiger partial charge in [-0.05, 0) is 77.0 Å². The number of hydrogen-bond donors (Lipinski definition) is 8. The van der Waals surface area contributed by atoms with Crippen LogP contribution in [0.15, 0.2) is 60.8 Å². The molecule has 8 N–H and O–H groups in total. The summed E-state index contributed by atoms with van der Waals surface area (Å²) in [6, 6.07) is 0. The Morgan fingerprint density at radius 2 is 0.855 bits per heavy atom. The van der Waals surface area contributed by atoms with Gasteiger partial charge in [0.25, 0.3) is 0 Å². The number of phosphoric ester groups is 3. The molecule has 1 fully saturated rings. The van der Waals surface area contributed by atoms with E-state index in [2.05, 4.69) is 65.4 Å². The second-order valence-electron chi connectivity index (χ2n) is 17.0. The van der Waals surface area contributed by atoms with Crippen LogP contribution in [0.4, 0.5) is 0 Å². The van der Waals surface area contributed by atoms with Crippen LogP contribution in [0.1, 0.15) is 168 Å². The Morgan fingerprint density at radius 1 is 0.464 bits per heavy atom. The van der Waals surface area contributed by atoms with Crippen molar-refractivity contribution in [1.29, 1.82) is 0 Å². The lowest BCUT2D eigenvalue weighted by Crippen LogP contribution is -2.65. The minimum atomic E-state index is -5.61. The zero-order valence-corrected chi connectivity index (χ0v) is 43.3. The van der Waals surface area contributed by atoms with Crippen molar-refractivity contribution in [3.8, 4) is 0 Å². The summed E-state index contributed by atoms with van der Waals surface area (Å²) in [5.41, 5.74) is 0. The van der Waals surface area contributed by atoms with Gasteiger partial charge < -0.3 is 49.3 Å². The number of allylic oxidation sites excluding steroid dienone is 10. The Balaban J connectivity index is 2.76. The van der Waals surface area contributed by atoms with Gasteiger partial charge in [0.2, 0.25) is 0 Å². The molecule has 400 valence electrons. The van der Waals surface area contributed by atoms with Gasteiger partial charge in [-0.2, -0.15) is 0 Å². The molecule has 0 heterocycles. The van der Waals surface area contributed by atoms with Gasteiger partial charge in [0.15, 0.2) is 6.10 Å². The number of phosphoric acid groups is 3. The van der Waals surface area contributed by atoms with E-state index in [4.69, 9.17) is 18.5 Å². The van der Waals surface area contributed by atoms with Crippen LogP contribution in [-0.2, 0) is 50.9 Å². The molecule has 8 atom stereocenters. The third-order valence-electron chi connectivity index (χ3n) is 10.8. The first-order chi connectivity index (χ1) is 32.8. The van der Waals surface area contributed by atoms with Crippen molar-refractivity contribution in [3.63, 3.8) is 0 Å². The van der Waals surface area contributed by atoms with Crippen molar-refractivity contribution in [2.24, 2.45) is 0 Å². The molecule has 0 aromatic heterocycles. The van der Waals surface area contributed by atoms with E-state index in [0.29, 0.717) is 19.3 Å². The highest BCUT2D eigenvalue weighted by atomic mass is 31.2. The predicted molar refractivity (Wildman–Crippen MR) is 261 cm³/mol. The number of carbonyl (C=O) groups excluding carboxylic acids is 2. The lowest BCUT2D eigenvalue weighted by molar-refractivity contribution is -0.213. The van der Waals surface area contributed by atoms with E-state index in [0.717, 1.165) is 64.2 Å². The Morgan fingerprint density at radius 3 is 1.38 bits per heavy atom. The third-order valence-corrected chi connectivity index (χ3v) is 12.8. The molecule has 0 spiro atoms. The largest absolute Gasteiger partial charge is 0.472 e. The van der Waals surface area contributed by atoms with Gasteiger partial charge in [-0.3, -0.25) is 27.7 Å². The molecular formula is C47H83O19P3. The number of unbranched alkanes of at least 4 members (excludes halogenated alkanes) is 15. The van der Waals surface area contributed by atoms with Gasteiger partial charge >= 0.3 is 35.4 Å². The Kier molecular flexibility index (Phi) is 36.2. The van der Waals surface area contributed by atoms with Crippen LogP contribution in [0.5, 0.6) is 0 Å². The first kappa shape index (κ1) is 64.9. The van der Waals surface area contributed by atoms with Crippen LogP contribution in [0.2, 0.25) is 0 Å². The highest BCUT2D eigenvalue weighted by molar-refractivity contribution is 7.47. The Hall–Kier alpha value is -2.15. The summed E-state index contributed by atoms with van der Waals surface area (Å²) < 4.78 is 65.4. The number of esters is 2. The minimum absolute atomic E-state index is 0.000423. The van der Waals surface area contributed by atoms with Gasteiger partial charge in [0.05, 0.1) is 6.61 Å². The summed E-state index contributed by atoms with van der Waals surface area (Å²) in [6.07, 6.45) is 26.7. The van der Waals surface area contributed by atoms with Crippen molar-refractivity contribution in [1.82, 2.24) is 0 Å². The summed E-state index contributed by atoms with van der Waals surface area (Å²) >= 11 is 0. The summed E-state index contributed by atoms with van der Waals surface area (Å²) in [5.74, 6) is -1.38. The number of ether oxygens (including phenoxy) is 2. The van der Waals surface area contributed by atoms with Crippen LogP contribution in [0, 0.1) is 0 Å². The average molecular weight is 1050 g/mol. The molecule has 0 bridgehead atoms. The van der Waals surface area contributed by atoms with Crippen molar-refractivity contribution in [3.05, 3.63) is 60.8 Å². The minimum Gasteiger partial charge on any atom is -0.462 e. The van der Waals surface area contributed by atoms with Gasteiger partial charge in [-0.1, -0.05) is 139 Å². The van der Waals surface area contributed by atoms with E-state index < -0.39 is 91.3 Å². The zero-order valence-electron chi connectivity index (χ0n) is 40.6. The van der Waals surface area contributed by atoms with Crippen molar-refractivity contribution in [2.45, 2.75) is 211 Å². The zero-order chi connectivity index (χ0) is 51.4. The van der Waals surface area contributed by atoms with E-state index in [-0.39, 0.29) is 12.8 Å². The first-order valence-electron chi connectivity index (χ1n) is 24.6. The molecule has 1 rings (SSSR count). The summed E-state index contributed by atoms with van der Waals surface area (Å²) in [6.45, 7) is 2.86. The van der Waals surface area contributed by atoms with Crippen LogP contribution in [0.25, 0.3) is 0 Å². The Labute approximate surface area is 409 Å². The lowest BCUT2D eigenvalue weighted by Gasteiger charge is -2.44. The molecule has 22 heteroatoms. The van der Waals surface area contributed by atoms with E-state index in [1.807, 2.05) is 18.2 Å².